The van der Waals surface area contributed by atoms with Crippen LogP contribution in [0.5, 0.6) is 23.0 Å². The third-order valence-corrected chi connectivity index (χ3v) is 8.17. The molecule has 0 aliphatic heterocycles. The Morgan fingerprint density at radius 3 is 2.29 bits per heavy atom. The number of hydrogen-bond acceptors (Lipinski definition) is 8. The molecule has 4 rings (SSSR count). The van der Waals surface area contributed by atoms with Crippen LogP contribution in [0.1, 0.15) is 45.2 Å². The average Bonchev–Trinajstić information content (AvgIpc) is 3.51. The predicted octanol–water partition coefficient (Wildman–Crippen LogP) is 6.26. The monoisotopic (exact) mass is 589 g/mol. The van der Waals surface area contributed by atoms with Crippen LogP contribution < -0.4 is 18.9 Å². The van der Waals surface area contributed by atoms with Gasteiger partial charge in [-0.15, -0.1) is 11.3 Å². The van der Waals surface area contributed by atoms with Crippen LogP contribution >= 0.6 is 11.3 Å². The molecule has 3 aromatic carbocycles. The van der Waals surface area contributed by atoms with E-state index in [1.165, 1.54) is 16.9 Å². The molecule has 0 spiro atoms. The molecule has 0 bridgehead atoms. The van der Waals surface area contributed by atoms with Gasteiger partial charge in [-0.2, -0.15) is 0 Å². The highest BCUT2D eigenvalue weighted by Crippen LogP contribution is 2.31. The zero-order chi connectivity index (χ0) is 30.1. The molecule has 222 valence electrons. The van der Waals surface area contributed by atoms with Crippen molar-refractivity contribution in [3.05, 3.63) is 99.5 Å². The van der Waals surface area contributed by atoms with Crippen molar-refractivity contribution in [1.82, 2.24) is 14.8 Å². The van der Waals surface area contributed by atoms with Crippen LogP contribution in [0.3, 0.4) is 0 Å². The third kappa shape index (κ3) is 7.60. The number of rotatable bonds is 14. The summed E-state index contributed by atoms with van der Waals surface area (Å²) in [6, 6.07) is 22.2. The van der Waals surface area contributed by atoms with Gasteiger partial charge in [-0.1, -0.05) is 42.5 Å². The van der Waals surface area contributed by atoms with E-state index in [0.29, 0.717) is 43.2 Å². The predicted molar refractivity (Wildman–Crippen MR) is 166 cm³/mol. The second kappa shape index (κ2) is 14.7. The molecule has 8 nitrogen and oxygen atoms in total. The van der Waals surface area contributed by atoms with E-state index in [1.54, 1.807) is 33.3 Å². The SMILES string of the molecule is COc1ccc(CN(Cc2nc(C(=O)N(C)CCc3ccc(OC)c(OC)c3)cs2)C(C)c2ccccc2)c(OC)c1. The average molecular weight is 590 g/mol. The fourth-order valence-corrected chi connectivity index (χ4v) is 5.55. The number of carbonyl (C=O) groups is 1. The Bertz CT molecular complexity index is 1460. The summed E-state index contributed by atoms with van der Waals surface area (Å²) in [6.45, 7) is 3.96. The molecule has 0 saturated heterocycles. The second-order valence-corrected chi connectivity index (χ2v) is 10.9. The number of ether oxygens (including phenoxy) is 4. The number of carbonyl (C=O) groups excluding carboxylic acids is 1. The van der Waals surface area contributed by atoms with Crippen LogP contribution in [-0.4, -0.2) is 62.7 Å². The van der Waals surface area contributed by atoms with Crippen molar-refractivity contribution >= 4 is 17.2 Å². The number of aromatic nitrogens is 1. The number of likely N-dealkylation sites (N-methyl/N-ethyl adjacent to an activating group) is 1. The van der Waals surface area contributed by atoms with Gasteiger partial charge in [0, 0.05) is 43.2 Å². The van der Waals surface area contributed by atoms with E-state index in [-0.39, 0.29) is 11.9 Å². The Morgan fingerprint density at radius 1 is 0.857 bits per heavy atom. The summed E-state index contributed by atoms with van der Waals surface area (Å²) >= 11 is 1.50. The standard InChI is InChI=1S/C33H39N3O5S/c1-23(25-10-8-7-9-11-25)36(20-26-13-14-27(38-3)19-30(26)40-5)21-32-34-28(22-42-32)33(37)35(2)17-16-24-12-15-29(39-4)31(18-24)41-6/h7-15,18-19,22-23H,16-17,20-21H2,1-6H3. The highest BCUT2D eigenvalue weighted by molar-refractivity contribution is 7.09. The first-order valence-corrected chi connectivity index (χ1v) is 14.7. The fraction of sp³-hybridized carbons (Fsp3) is 0.333. The lowest BCUT2D eigenvalue weighted by Gasteiger charge is -2.29. The van der Waals surface area contributed by atoms with Crippen molar-refractivity contribution in [3.63, 3.8) is 0 Å². The summed E-state index contributed by atoms with van der Waals surface area (Å²) in [5.74, 6) is 2.77. The number of amides is 1. The Balaban J connectivity index is 1.47. The molecule has 1 atom stereocenters. The van der Waals surface area contributed by atoms with Crippen LogP contribution in [0.25, 0.3) is 0 Å². The molecule has 0 aliphatic rings. The largest absolute Gasteiger partial charge is 0.497 e. The molecule has 0 radical (unpaired) electrons. The zero-order valence-corrected chi connectivity index (χ0v) is 25.9. The molecule has 0 fully saturated rings. The molecular formula is C33H39N3O5S. The Hall–Kier alpha value is -4.08. The summed E-state index contributed by atoms with van der Waals surface area (Å²) in [5.41, 5.74) is 3.77. The van der Waals surface area contributed by atoms with Gasteiger partial charge in [0.15, 0.2) is 11.5 Å². The van der Waals surface area contributed by atoms with Gasteiger partial charge in [-0.05, 0) is 42.7 Å². The Labute approximate surface area is 252 Å². The minimum absolute atomic E-state index is 0.0996. The van der Waals surface area contributed by atoms with E-state index in [1.807, 2.05) is 54.9 Å². The van der Waals surface area contributed by atoms with Gasteiger partial charge in [-0.25, -0.2) is 4.98 Å². The summed E-state index contributed by atoms with van der Waals surface area (Å²) in [4.78, 5) is 22.1. The molecule has 1 heterocycles. The van der Waals surface area contributed by atoms with Crippen molar-refractivity contribution in [3.8, 4) is 23.0 Å². The second-order valence-electron chi connectivity index (χ2n) is 9.96. The number of hydrogen-bond donors (Lipinski definition) is 0. The molecule has 0 N–H and O–H groups in total. The van der Waals surface area contributed by atoms with Crippen LogP contribution in [0.2, 0.25) is 0 Å². The first-order chi connectivity index (χ1) is 20.4. The summed E-state index contributed by atoms with van der Waals surface area (Å²) < 4.78 is 21.8. The fourth-order valence-electron chi connectivity index (χ4n) is 4.76. The molecule has 1 unspecified atom stereocenters. The van der Waals surface area contributed by atoms with Crippen LogP contribution in [-0.2, 0) is 19.5 Å². The summed E-state index contributed by atoms with van der Waals surface area (Å²) in [5, 5.41) is 2.73. The lowest BCUT2D eigenvalue weighted by Crippen LogP contribution is -2.29. The van der Waals surface area contributed by atoms with E-state index >= 15 is 0 Å². The topological polar surface area (TPSA) is 73.4 Å². The van der Waals surface area contributed by atoms with Crippen molar-refractivity contribution in [2.75, 3.05) is 42.0 Å². The molecule has 0 aliphatic carbocycles. The van der Waals surface area contributed by atoms with Crippen molar-refractivity contribution in [2.24, 2.45) is 0 Å². The van der Waals surface area contributed by atoms with Crippen molar-refractivity contribution < 1.29 is 23.7 Å². The van der Waals surface area contributed by atoms with Crippen LogP contribution in [0.15, 0.2) is 72.1 Å². The van der Waals surface area contributed by atoms with Crippen LogP contribution in [0.4, 0.5) is 0 Å². The molecular weight excluding hydrogens is 550 g/mol. The van der Waals surface area contributed by atoms with E-state index in [9.17, 15) is 4.79 Å². The molecule has 42 heavy (non-hydrogen) atoms. The number of nitrogens with zero attached hydrogens (tertiary/aromatic N) is 3. The first kappa shape index (κ1) is 30.9. The maximum Gasteiger partial charge on any atom is 0.273 e. The normalized spacial score (nSPS) is 11.7. The van der Waals surface area contributed by atoms with E-state index in [4.69, 9.17) is 23.9 Å². The maximum atomic E-state index is 13.3. The van der Waals surface area contributed by atoms with Gasteiger partial charge in [0.2, 0.25) is 0 Å². The molecule has 9 heteroatoms. The lowest BCUT2D eigenvalue weighted by molar-refractivity contribution is 0.0791. The molecule has 1 amide bonds. The molecule has 1 aromatic heterocycles. The lowest BCUT2D eigenvalue weighted by atomic mass is 10.1. The Morgan fingerprint density at radius 2 is 1.60 bits per heavy atom. The minimum Gasteiger partial charge on any atom is -0.497 e. The molecule has 4 aromatic rings. The van der Waals surface area contributed by atoms with E-state index in [0.717, 1.165) is 27.6 Å². The highest BCUT2D eigenvalue weighted by atomic mass is 32.1. The molecule has 0 saturated carbocycles. The highest BCUT2D eigenvalue weighted by Gasteiger charge is 2.22. The summed E-state index contributed by atoms with van der Waals surface area (Å²) in [6.07, 6.45) is 0.686. The van der Waals surface area contributed by atoms with Crippen molar-refractivity contribution in [2.45, 2.75) is 32.5 Å². The van der Waals surface area contributed by atoms with Gasteiger partial charge in [0.05, 0.1) is 35.0 Å². The van der Waals surface area contributed by atoms with E-state index in [2.05, 4.69) is 36.1 Å². The number of methoxy groups -OCH3 is 4. The number of benzene rings is 3. The van der Waals surface area contributed by atoms with Gasteiger partial charge in [0.1, 0.15) is 22.2 Å². The first-order valence-electron chi connectivity index (χ1n) is 13.8. The van der Waals surface area contributed by atoms with Crippen LogP contribution in [0, 0.1) is 0 Å². The number of thiazole rings is 1. The Kier molecular flexibility index (Phi) is 10.8. The van der Waals surface area contributed by atoms with Gasteiger partial charge in [0.25, 0.3) is 5.91 Å². The van der Waals surface area contributed by atoms with Gasteiger partial charge in [-0.3, -0.25) is 9.69 Å². The summed E-state index contributed by atoms with van der Waals surface area (Å²) in [7, 11) is 8.36. The zero-order valence-electron chi connectivity index (χ0n) is 25.1. The smallest absolute Gasteiger partial charge is 0.273 e. The van der Waals surface area contributed by atoms with Gasteiger partial charge < -0.3 is 23.8 Å². The maximum absolute atomic E-state index is 13.3. The van der Waals surface area contributed by atoms with E-state index < -0.39 is 0 Å². The minimum atomic E-state index is -0.0996. The quantitative estimate of drug-likeness (QED) is 0.172. The van der Waals surface area contributed by atoms with Crippen molar-refractivity contribution in [1.29, 1.82) is 0 Å². The van der Waals surface area contributed by atoms with Gasteiger partial charge >= 0.3 is 0 Å². The third-order valence-electron chi connectivity index (χ3n) is 7.34.